The van der Waals surface area contributed by atoms with E-state index in [1.807, 2.05) is 36.4 Å². The number of piperidine rings is 1. The van der Waals surface area contributed by atoms with Crippen LogP contribution in [-0.4, -0.2) is 149 Å². The highest BCUT2D eigenvalue weighted by Crippen LogP contribution is 2.34. The molecule has 4 aromatic rings. The molecule has 2 heterocycles. The van der Waals surface area contributed by atoms with Gasteiger partial charge in [-0.3, -0.25) is 24.2 Å². The molecule has 404 valence electrons. The molecule has 1 aliphatic heterocycles. The number of aromatic nitrogens is 1. The van der Waals surface area contributed by atoms with Crippen molar-refractivity contribution in [3.63, 3.8) is 0 Å². The van der Waals surface area contributed by atoms with Crippen molar-refractivity contribution in [2.75, 3.05) is 115 Å². The number of anilines is 2. The standard InChI is InChI=1S/C54H70F3N5O11S/c1-53(2,3)73-50(65)38-62(20-23-69-24-21-63)49(64)16-22-68-25-26-70-27-28-71-29-30-72-31-32-74-39-41-10-7-11-42(33-41)52(67)60-47-14-13-45(61-18-5-4-6-19-61)36-46(47)48-35-43(15-17-58-48)51(66)59-37-40-9-8-12-44(34-40)54(55,56)57/h7-15,17,33-36,63H,4-6,16,18-32,37-39H2,1-3H3,(H,59,66)(H,60,67). The molecule has 74 heavy (non-hydrogen) atoms. The fraction of sp³-hybridized carbons (Fsp3) is 0.500. The molecule has 16 nitrogen and oxygen atoms in total. The predicted octanol–water partition coefficient (Wildman–Crippen LogP) is 7.81. The van der Waals surface area contributed by atoms with Gasteiger partial charge in [0.2, 0.25) is 5.91 Å². The van der Waals surface area contributed by atoms with E-state index in [9.17, 15) is 32.3 Å². The minimum absolute atomic E-state index is 0.0705. The van der Waals surface area contributed by atoms with Crippen LogP contribution in [0, 0.1) is 0 Å². The summed E-state index contributed by atoms with van der Waals surface area (Å²) in [6.07, 6.45) is 0.343. The fourth-order valence-corrected chi connectivity index (χ4v) is 8.41. The van der Waals surface area contributed by atoms with Crippen LogP contribution in [0.2, 0.25) is 0 Å². The maximum absolute atomic E-state index is 13.8. The molecular weight excluding hydrogens is 984 g/mol. The quantitative estimate of drug-likeness (QED) is 0.0327. The Labute approximate surface area is 435 Å². The highest BCUT2D eigenvalue weighted by atomic mass is 32.2. The van der Waals surface area contributed by atoms with Gasteiger partial charge in [0.1, 0.15) is 12.1 Å². The minimum Gasteiger partial charge on any atom is -0.459 e. The number of amides is 3. The van der Waals surface area contributed by atoms with Crippen molar-refractivity contribution in [2.24, 2.45) is 0 Å². The van der Waals surface area contributed by atoms with Crippen LogP contribution in [0.1, 0.15) is 83.9 Å². The van der Waals surface area contributed by atoms with E-state index in [4.69, 9.17) is 33.5 Å². The number of aliphatic hydroxyl groups is 1. The Morgan fingerprint density at radius 1 is 0.730 bits per heavy atom. The molecule has 0 bridgehead atoms. The second-order valence-corrected chi connectivity index (χ2v) is 19.3. The third-order valence-electron chi connectivity index (χ3n) is 11.2. The lowest BCUT2D eigenvalue weighted by molar-refractivity contribution is -0.159. The van der Waals surface area contributed by atoms with E-state index in [1.165, 1.54) is 29.3 Å². The number of nitrogens with one attached hydrogen (secondary N) is 2. The number of halogens is 3. The molecule has 0 radical (unpaired) electrons. The number of benzene rings is 3. The van der Waals surface area contributed by atoms with Gasteiger partial charge in [0.25, 0.3) is 11.8 Å². The fourth-order valence-electron chi connectivity index (χ4n) is 7.61. The zero-order valence-electron chi connectivity index (χ0n) is 42.6. The van der Waals surface area contributed by atoms with Crippen LogP contribution in [0.15, 0.2) is 85.1 Å². The van der Waals surface area contributed by atoms with Crippen molar-refractivity contribution in [2.45, 2.75) is 70.5 Å². The maximum Gasteiger partial charge on any atom is 0.416 e. The second kappa shape index (κ2) is 31.3. The summed E-state index contributed by atoms with van der Waals surface area (Å²) in [5.41, 5.74) is 3.08. The first kappa shape index (κ1) is 59.3. The lowest BCUT2D eigenvalue weighted by Crippen LogP contribution is -2.41. The van der Waals surface area contributed by atoms with Gasteiger partial charge >= 0.3 is 12.1 Å². The van der Waals surface area contributed by atoms with Crippen LogP contribution in [0.25, 0.3) is 11.3 Å². The van der Waals surface area contributed by atoms with E-state index < -0.39 is 29.2 Å². The zero-order valence-corrected chi connectivity index (χ0v) is 43.4. The van der Waals surface area contributed by atoms with Gasteiger partial charge in [-0.15, -0.1) is 0 Å². The molecule has 0 spiro atoms. The number of rotatable bonds is 31. The molecule has 1 saturated heterocycles. The summed E-state index contributed by atoms with van der Waals surface area (Å²) in [4.78, 5) is 60.4. The van der Waals surface area contributed by atoms with Crippen LogP contribution >= 0.6 is 11.8 Å². The summed E-state index contributed by atoms with van der Waals surface area (Å²) in [7, 11) is 0. The SMILES string of the molecule is CC(C)(C)OC(=O)CN(CCOCCO)C(=O)CCOCCOCCOCCOCCSCc1cccc(C(=O)Nc2ccc(N3CCCCC3)cc2-c2cc(C(=O)NCc3cccc(C(F)(F)F)c3)ccn2)c1. The Hall–Kier alpha value is -5.61. The van der Waals surface area contributed by atoms with Gasteiger partial charge in [-0.05, 0) is 106 Å². The summed E-state index contributed by atoms with van der Waals surface area (Å²) in [6, 6.07) is 21.2. The normalized spacial score (nSPS) is 12.9. The van der Waals surface area contributed by atoms with Crippen molar-refractivity contribution in [3.05, 3.63) is 113 Å². The van der Waals surface area contributed by atoms with Crippen LogP contribution in [-0.2, 0) is 56.5 Å². The number of carbonyl (C=O) groups excluding carboxylic acids is 4. The van der Waals surface area contributed by atoms with E-state index >= 15 is 0 Å². The number of aliphatic hydroxyl groups excluding tert-OH is 1. The third kappa shape index (κ3) is 21.7. The monoisotopic (exact) mass is 1050 g/mol. The average molecular weight is 1050 g/mol. The molecule has 1 fully saturated rings. The van der Waals surface area contributed by atoms with Gasteiger partial charge in [0, 0.05) is 66.3 Å². The van der Waals surface area contributed by atoms with Gasteiger partial charge in [-0.2, -0.15) is 24.9 Å². The molecule has 3 N–H and O–H groups in total. The summed E-state index contributed by atoms with van der Waals surface area (Å²) in [5.74, 6) is -0.200. The first-order chi connectivity index (χ1) is 35.6. The molecule has 0 saturated carbocycles. The number of hydrogen-bond donors (Lipinski definition) is 3. The second-order valence-electron chi connectivity index (χ2n) is 18.2. The molecule has 0 aliphatic carbocycles. The first-order valence-corrected chi connectivity index (χ1v) is 26.0. The lowest BCUT2D eigenvalue weighted by Gasteiger charge is -2.29. The Morgan fingerprint density at radius 2 is 1.39 bits per heavy atom. The van der Waals surface area contributed by atoms with Gasteiger partial charge in [0.15, 0.2) is 0 Å². The molecule has 1 aliphatic rings. The number of carbonyl (C=O) groups is 4. The predicted molar refractivity (Wildman–Crippen MR) is 277 cm³/mol. The molecule has 3 aromatic carbocycles. The van der Waals surface area contributed by atoms with E-state index in [0.29, 0.717) is 73.5 Å². The van der Waals surface area contributed by atoms with Gasteiger partial charge in [-0.1, -0.05) is 24.3 Å². The third-order valence-corrected chi connectivity index (χ3v) is 12.2. The maximum atomic E-state index is 13.8. The van der Waals surface area contributed by atoms with Crippen molar-refractivity contribution in [3.8, 4) is 11.3 Å². The summed E-state index contributed by atoms with van der Waals surface area (Å²) in [6.45, 7) is 9.93. The van der Waals surface area contributed by atoms with Crippen molar-refractivity contribution in [1.29, 1.82) is 0 Å². The van der Waals surface area contributed by atoms with E-state index in [1.54, 1.807) is 44.7 Å². The first-order valence-electron chi connectivity index (χ1n) is 24.9. The van der Waals surface area contributed by atoms with Gasteiger partial charge < -0.3 is 54.0 Å². The Bertz CT molecular complexity index is 2380. The Balaban J connectivity index is 0.993. The number of nitrogens with zero attached hydrogens (tertiary/aromatic N) is 3. The molecule has 3 amide bonds. The highest BCUT2D eigenvalue weighted by Gasteiger charge is 2.30. The summed E-state index contributed by atoms with van der Waals surface area (Å²) >= 11 is 1.67. The molecule has 0 unspecified atom stereocenters. The smallest absolute Gasteiger partial charge is 0.416 e. The van der Waals surface area contributed by atoms with Crippen LogP contribution in [0.4, 0.5) is 24.5 Å². The van der Waals surface area contributed by atoms with E-state index in [2.05, 4.69) is 20.5 Å². The van der Waals surface area contributed by atoms with Crippen LogP contribution < -0.4 is 15.5 Å². The zero-order chi connectivity index (χ0) is 53.2. The number of ether oxygens (including phenoxy) is 6. The molecule has 5 rings (SSSR count). The Kier molecular flexibility index (Phi) is 25.1. The molecule has 1 aromatic heterocycles. The van der Waals surface area contributed by atoms with Crippen molar-refractivity contribution in [1.82, 2.24) is 15.2 Å². The minimum atomic E-state index is -4.50. The number of esters is 1. The largest absolute Gasteiger partial charge is 0.459 e. The number of alkyl halides is 3. The highest BCUT2D eigenvalue weighted by molar-refractivity contribution is 7.98. The van der Waals surface area contributed by atoms with E-state index in [-0.39, 0.29) is 76.5 Å². The number of thioether (sulfide) groups is 1. The number of hydrogen-bond acceptors (Lipinski definition) is 14. The Morgan fingerprint density at radius 3 is 2.09 bits per heavy atom. The molecule has 20 heteroatoms. The van der Waals surface area contributed by atoms with E-state index in [0.717, 1.165) is 61.5 Å². The van der Waals surface area contributed by atoms with Crippen LogP contribution in [0.3, 0.4) is 0 Å². The number of pyridine rings is 1. The lowest BCUT2D eigenvalue weighted by atomic mass is 10.0. The summed E-state index contributed by atoms with van der Waals surface area (Å²) in [5, 5.41) is 14.7. The molecular formula is C54H70F3N5O11S. The average Bonchev–Trinajstić information content (AvgIpc) is 3.38. The summed E-state index contributed by atoms with van der Waals surface area (Å²) < 4.78 is 72.9. The van der Waals surface area contributed by atoms with Gasteiger partial charge in [0.05, 0.1) is 96.0 Å². The molecule has 0 atom stereocenters. The van der Waals surface area contributed by atoms with Crippen LogP contribution in [0.5, 0.6) is 0 Å². The van der Waals surface area contributed by atoms with Crippen molar-refractivity contribution >= 4 is 46.8 Å². The van der Waals surface area contributed by atoms with Crippen molar-refractivity contribution < 1.29 is 65.9 Å². The van der Waals surface area contributed by atoms with Gasteiger partial charge in [-0.25, -0.2) is 0 Å². The topological polar surface area (TPSA) is 187 Å².